The van der Waals surface area contributed by atoms with E-state index in [1.807, 2.05) is 52.8 Å². The number of fused-ring (bicyclic) bond motifs is 1. The molecule has 4 rings (SSSR count). The van der Waals surface area contributed by atoms with Crippen LogP contribution in [0.1, 0.15) is 74.1 Å². The SMILES string of the molecule is CC(C)[C@@H](CNC(=O)Nc1ccccc1)NC(=O)N[C@H](C(=O)N1C[C@H]2[C@@H]([C@H]1C(=O)NC(CC1CCC1)C(=O)C(N)=O)C2(C)C)C(C)(C)C. The van der Waals surface area contributed by atoms with Crippen molar-refractivity contribution in [2.24, 2.45) is 40.2 Å². The van der Waals surface area contributed by atoms with Crippen molar-refractivity contribution < 1.29 is 28.8 Å². The van der Waals surface area contributed by atoms with Crippen LogP contribution < -0.4 is 32.3 Å². The summed E-state index contributed by atoms with van der Waals surface area (Å²) in [4.78, 5) is 80.1. The van der Waals surface area contributed by atoms with Gasteiger partial charge in [-0.2, -0.15) is 0 Å². The van der Waals surface area contributed by atoms with Crippen molar-refractivity contribution in [2.75, 3.05) is 18.4 Å². The number of hydrogen-bond donors (Lipinski definition) is 6. The molecule has 1 aliphatic heterocycles. The van der Waals surface area contributed by atoms with E-state index in [2.05, 4.69) is 40.4 Å². The van der Waals surface area contributed by atoms with Gasteiger partial charge in [-0.05, 0) is 53.1 Å². The summed E-state index contributed by atoms with van der Waals surface area (Å²) in [5.74, 6) is -2.72. The molecule has 7 N–H and O–H groups in total. The number of nitrogens with one attached hydrogen (secondary N) is 5. The third kappa shape index (κ3) is 8.46. The maximum atomic E-state index is 14.3. The number of carbonyl (C=O) groups is 6. The van der Waals surface area contributed by atoms with Crippen LogP contribution >= 0.6 is 0 Å². The van der Waals surface area contributed by atoms with E-state index in [9.17, 15) is 28.8 Å². The van der Waals surface area contributed by atoms with Crippen LogP contribution in [0.25, 0.3) is 0 Å². The first-order valence-corrected chi connectivity index (χ1v) is 17.0. The third-order valence-corrected chi connectivity index (χ3v) is 10.5. The topological polar surface area (TPSA) is 192 Å². The van der Waals surface area contributed by atoms with E-state index in [0.29, 0.717) is 18.7 Å². The number of piperidine rings is 1. The number of primary amides is 1. The van der Waals surface area contributed by atoms with Gasteiger partial charge in [0, 0.05) is 18.8 Å². The predicted octanol–water partition coefficient (Wildman–Crippen LogP) is 2.76. The first-order valence-electron chi connectivity index (χ1n) is 17.0. The Hall–Kier alpha value is -4.16. The maximum Gasteiger partial charge on any atom is 0.319 e. The molecule has 1 saturated heterocycles. The van der Waals surface area contributed by atoms with Crippen molar-refractivity contribution in [3.8, 4) is 0 Å². The number of urea groups is 2. The number of anilines is 1. The molecule has 0 bridgehead atoms. The van der Waals surface area contributed by atoms with Crippen LogP contribution in [0.5, 0.6) is 0 Å². The molecule has 0 spiro atoms. The Bertz CT molecular complexity index is 1390. The monoisotopic (exact) mass is 667 g/mol. The molecule has 1 aromatic carbocycles. The minimum atomic E-state index is -1.10. The zero-order valence-corrected chi connectivity index (χ0v) is 29.2. The molecule has 3 fully saturated rings. The highest BCUT2D eigenvalue weighted by Crippen LogP contribution is 2.65. The lowest BCUT2D eigenvalue weighted by atomic mass is 9.80. The van der Waals surface area contributed by atoms with E-state index in [4.69, 9.17) is 5.73 Å². The summed E-state index contributed by atoms with van der Waals surface area (Å²) >= 11 is 0. The van der Waals surface area contributed by atoms with Crippen LogP contribution in [0.3, 0.4) is 0 Å². The van der Waals surface area contributed by atoms with E-state index in [-0.39, 0.29) is 35.6 Å². The number of hydrogen-bond acceptors (Lipinski definition) is 6. The molecule has 2 saturated carbocycles. The quantitative estimate of drug-likeness (QED) is 0.175. The van der Waals surface area contributed by atoms with Crippen LogP contribution in [0.2, 0.25) is 0 Å². The molecule has 2 aliphatic carbocycles. The number of nitrogens with two attached hydrogens (primary N) is 1. The van der Waals surface area contributed by atoms with Crippen LogP contribution in [0.4, 0.5) is 15.3 Å². The number of carbonyl (C=O) groups excluding carboxylic acids is 6. The Kier molecular flexibility index (Phi) is 11.1. The van der Waals surface area contributed by atoms with Crippen molar-refractivity contribution in [3.63, 3.8) is 0 Å². The highest BCUT2D eigenvalue weighted by molar-refractivity contribution is 6.37. The first-order chi connectivity index (χ1) is 22.4. The Balaban J connectivity index is 1.45. The summed E-state index contributed by atoms with van der Waals surface area (Å²) in [6.45, 7) is 13.9. The Morgan fingerprint density at radius 3 is 2.15 bits per heavy atom. The highest BCUT2D eigenvalue weighted by Gasteiger charge is 2.70. The van der Waals surface area contributed by atoms with Gasteiger partial charge in [0.05, 0.1) is 12.1 Å². The smallest absolute Gasteiger partial charge is 0.319 e. The zero-order chi connectivity index (χ0) is 35.6. The predicted molar refractivity (Wildman–Crippen MR) is 181 cm³/mol. The average molecular weight is 668 g/mol. The van der Waals surface area contributed by atoms with Gasteiger partial charge in [0.2, 0.25) is 17.6 Å². The fraction of sp³-hybridized carbons (Fsp3) is 0.657. The van der Waals surface area contributed by atoms with Crippen LogP contribution in [0, 0.1) is 34.5 Å². The molecular weight excluding hydrogens is 614 g/mol. The molecule has 7 amide bonds. The van der Waals surface area contributed by atoms with Crippen LogP contribution in [0.15, 0.2) is 30.3 Å². The standard InChI is InChI=1S/C35H53N7O6/c1-19(2)24(17-37-32(47)38-21-14-9-8-10-15-21)40-33(48)41-28(34(3,4)5)31(46)42-18-22-25(35(22,6)7)26(42)30(45)39-23(27(43)29(36)44)16-20-12-11-13-20/h8-10,14-15,19-20,22-26,28H,11-13,16-18H2,1-7H3,(H2,36,44)(H,39,45)(H2,37,38,47)(H2,40,41,48)/t22-,23?,24+,25-,26-,28+/m0/s1. The average Bonchev–Trinajstić information content (AvgIpc) is 3.29. The third-order valence-electron chi connectivity index (χ3n) is 10.5. The van der Waals surface area contributed by atoms with Gasteiger partial charge in [0.1, 0.15) is 12.1 Å². The molecule has 264 valence electrons. The number of likely N-dealkylation sites (tertiary alicyclic amines) is 1. The lowest BCUT2D eigenvalue weighted by Gasteiger charge is -2.38. The van der Waals surface area contributed by atoms with Gasteiger partial charge in [-0.3, -0.25) is 19.2 Å². The van der Waals surface area contributed by atoms with Gasteiger partial charge in [0.25, 0.3) is 5.91 Å². The summed E-state index contributed by atoms with van der Waals surface area (Å²) in [5, 5.41) is 14.1. The Labute approximate surface area is 283 Å². The second-order valence-electron chi connectivity index (χ2n) is 15.7. The summed E-state index contributed by atoms with van der Waals surface area (Å²) in [7, 11) is 0. The maximum absolute atomic E-state index is 14.3. The molecule has 1 aromatic rings. The van der Waals surface area contributed by atoms with Gasteiger partial charge in [0.15, 0.2) is 0 Å². The molecule has 1 heterocycles. The zero-order valence-electron chi connectivity index (χ0n) is 29.2. The molecular formula is C35H53N7O6. The fourth-order valence-corrected chi connectivity index (χ4v) is 7.04. The van der Waals surface area contributed by atoms with E-state index >= 15 is 0 Å². The number of benzene rings is 1. The number of amides is 7. The minimum Gasteiger partial charge on any atom is -0.363 e. The summed E-state index contributed by atoms with van der Waals surface area (Å²) in [6, 6.07) is 4.65. The van der Waals surface area contributed by atoms with Gasteiger partial charge in [-0.1, -0.05) is 85.9 Å². The molecule has 3 aliphatic rings. The van der Waals surface area contributed by atoms with E-state index in [1.54, 1.807) is 12.1 Å². The molecule has 13 heteroatoms. The van der Waals surface area contributed by atoms with Gasteiger partial charge < -0.3 is 37.2 Å². The van der Waals surface area contributed by atoms with E-state index < -0.39 is 65.1 Å². The second kappa shape index (κ2) is 14.5. The molecule has 0 radical (unpaired) electrons. The Morgan fingerprint density at radius 2 is 1.60 bits per heavy atom. The number of Topliss-reactive ketones (excluding diaryl/α,β-unsaturated/α-hetero) is 1. The van der Waals surface area contributed by atoms with E-state index in [1.165, 1.54) is 4.90 Å². The summed E-state index contributed by atoms with van der Waals surface area (Å²) in [5.41, 5.74) is 5.05. The summed E-state index contributed by atoms with van der Waals surface area (Å²) in [6.07, 6.45) is 3.20. The van der Waals surface area contributed by atoms with Crippen molar-refractivity contribution >= 4 is 41.3 Å². The van der Waals surface area contributed by atoms with Crippen LogP contribution in [-0.4, -0.2) is 77.7 Å². The molecule has 0 aromatic heterocycles. The first kappa shape index (κ1) is 36.7. The lowest BCUT2D eigenvalue weighted by Crippen LogP contribution is -2.62. The largest absolute Gasteiger partial charge is 0.363 e. The minimum absolute atomic E-state index is 0.0476. The van der Waals surface area contributed by atoms with Gasteiger partial charge in [-0.25, -0.2) is 9.59 Å². The fourth-order valence-electron chi connectivity index (χ4n) is 7.04. The number of para-hydroxylation sites is 1. The van der Waals surface area contributed by atoms with Crippen molar-refractivity contribution in [1.82, 2.24) is 26.2 Å². The second-order valence-corrected chi connectivity index (χ2v) is 15.7. The van der Waals surface area contributed by atoms with Crippen LogP contribution in [-0.2, 0) is 19.2 Å². The summed E-state index contributed by atoms with van der Waals surface area (Å²) < 4.78 is 0. The lowest BCUT2D eigenvalue weighted by molar-refractivity contribution is -0.145. The number of nitrogens with zero attached hydrogens (tertiary/aromatic N) is 1. The number of ketones is 1. The van der Waals surface area contributed by atoms with E-state index in [0.717, 1.165) is 19.3 Å². The van der Waals surface area contributed by atoms with Crippen molar-refractivity contribution in [2.45, 2.75) is 98.3 Å². The molecule has 13 nitrogen and oxygen atoms in total. The van der Waals surface area contributed by atoms with Gasteiger partial charge in [-0.15, -0.1) is 0 Å². The molecule has 48 heavy (non-hydrogen) atoms. The highest BCUT2D eigenvalue weighted by atomic mass is 16.2. The van der Waals surface area contributed by atoms with Crippen molar-refractivity contribution in [3.05, 3.63) is 30.3 Å². The number of rotatable bonds is 13. The molecule has 6 atom stereocenters. The van der Waals surface area contributed by atoms with Gasteiger partial charge >= 0.3 is 12.1 Å². The molecule has 1 unspecified atom stereocenters. The normalized spacial score (nSPS) is 23.1. The Morgan fingerprint density at radius 1 is 0.958 bits per heavy atom. The van der Waals surface area contributed by atoms with Crippen molar-refractivity contribution in [1.29, 1.82) is 0 Å².